The molecule has 0 aromatic rings. The Kier molecular flexibility index (Phi) is 12.2. The topological polar surface area (TPSA) is 76.7 Å². The lowest BCUT2D eigenvalue weighted by Gasteiger charge is -2.28. The molecule has 3 atom stereocenters. The maximum atomic E-state index is 13.1. The molecule has 0 saturated carbocycles. The minimum atomic E-state index is -5.86. The van der Waals surface area contributed by atoms with Crippen LogP contribution in [0.15, 0.2) is 0 Å². The smallest absolute Gasteiger partial charge is 0.425 e. The number of rotatable bonds is 13. The van der Waals surface area contributed by atoms with Gasteiger partial charge < -0.3 is 20.1 Å². The molecule has 2 N–H and O–H groups in total. The summed E-state index contributed by atoms with van der Waals surface area (Å²) in [4.78, 5) is 22.9. The summed E-state index contributed by atoms with van der Waals surface area (Å²) < 4.78 is 158. The Morgan fingerprint density at radius 2 is 1.11 bits per heavy atom. The molecule has 0 spiro atoms. The van der Waals surface area contributed by atoms with Crippen LogP contribution in [0.5, 0.6) is 0 Å². The highest BCUT2D eigenvalue weighted by Gasteiger charge is 2.58. The zero-order valence-corrected chi connectivity index (χ0v) is 19.6. The summed E-state index contributed by atoms with van der Waals surface area (Å²) in [6.45, 7) is 0.0544. The van der Waals surface area contributed by atoms with Gasteiger partial charge in [0.1, 0.15) is 0 Å². The Bertz CT molecular complexity index is 744. The van der Waals surface area contributed by atoms with Gasteiger partial charge in [-0.1, -0.05) is 20.8 Å². The summed E-state index contributed by atoms with van der Waals surface area (Å²) in [7, 11) is 0. The Labute approximate surface area is 203 Å². The van der Waals surface area contributed by atoms with E-state index < -0.39 is 67.4 Å². The van der Waals surface area contributed by atoms with Crippen molar-refractivity contribution in [3.05, 3.63) is 0 Å². The number of alkyl halides is 12. The van der Waals surface area contributed by atoms with E-state index in [0.29, 0.717) is 0 Å². The van der Waals surface area contributed by atoms with Crippen LogP contribution in [0.4, 0.5) is 62.3 Å². The molecule has 0 saturated heterocycles. The van der Waals surface area contributed by atoms with Crippen molar-refractivity contribution in [3.63, 3.8) is 0 Å². The van der Waals surface area contributed by atoms with Crippen molar-refractivity contribution in [1.29, 1.82) is 0 Å². The summed E-state index contributed by atoms with van der Waals surface area (Å²) in [5, 5.41) is 4.01. The van der Waals surface area contributed by atoms with Gasteiger partial charge in [-0.3, -0.25) is 0 Å². The molecular formula is C19H26F12N2O4. The molecule has 0 aliphatic rings. The Morgan fingerprint density at radius 1 is 0.730 bits per heavy atom. The highest BCUT2D eigenvalue weighted by atomic mass is 19.4. The van der Waals surface area contributed by atoms with Gasteiger partial charge in [0.2, 0.25) is 0 Å². The fourth-order valence-electron chi connectivity index (χ4n) is 2.90. The summed E-state index contributed by atoms with van der Waals surface area (Å²) in [5.41, 5.74) is -0.772. The van der Waals surface area contributed by atoms with Gasteiger partial charge in [0.05, 0.1) is 0 Å². The first-order valence-corrected chi connectivity index (χ1v) is 10.4. The molecule has 0 radical (unpaired) electrons. The summed E-state index contributed by atoms with van der Waals surface area (Å²) in [6.07, 6.45) is -23.4. The van der Waals surface area contributed by atoms with E-state index in [-0.39, 0.29) is 31.8 Å². The molecule has 37 heavy (non-hydrogen) atoms. The number of ether oxygens (including phenoxy) is 2. The van der Waals surface area contributed by atoms with Crippen molar-refractivity contribution in [3.8, 4) is 0 Å². The molecule has 0 rings (SSSR count). The molecule has 18 heteroatoms. The number of hydrogen-bond donors (Lipinski definition) is 2. The highest BCUT2D eigenvalue weighted by Crippen LogP contribution is 2.36. The van der Waals surface area contributed by atoms with Gasteiger partial charge in [-0.15, -0.1) is 0 Å². The third-order valence-corrected chi connectivity index (χ3v) is 4.63. The number of hydrogen-bond acceptors (Lipinski definition) is 4. The van der Waals surface area contributed by atoms with E-state index in [9.17, 15) is 62.3 Å². The summed E-state index contributed by atoms with van der Waals surface area (Å²) in [6, 6.07) is 0. The lowest BCUT2D eigenvalue weighted by atomic mass is 9.82. The second-order valence-electron chi connectivity index (χ2n) is 9.03. The fraction of sp³-hybridized carbons (Fsp3) is 0.895. The van der Waals surface area contributed by atoms with Crippen LogP contribution in [0, 0.1) is 11.3 Å². The Hall–Kier alpha value is -2.30. The van der Waals surface area contributed by atoms with Crippen molar-refractivity contribution in [2.24, 2.45) is 11.3 Å². The van der Waals surface area contributed by atoms with Gasteiger partial charge >= 0.3 is 36.4 Å². The maximum absolute atomic E-state index is 13.1. The molecule has 0 fully saturated rings. The molecule has 0 bridgehead atoms. The number of alkyl carbamates (subject to hydrolysis) is 2. The van der Waals surface area contributed by atoms with Crippen molar-refractivity contribution >= 4 is 12.2 Å². The van der Waals surface area contributed by atoms with Crippen LogP contribution < -0.4 is 10.6 Å². The van der Waals surface area contributed by atoms with Crippen LogP contribution in [0.25, 0.3) is 0 Å². The molecule has 0 heterocycles. The minimum Gasteiger partial charge on any atom is -0.443 e. The van der Waals surface area contributed by atoms with Crippen LogP contribution >= 0.6 is 0 Å². The molecule has 3 unspecified atom stereocenters. The van der Waals surface area contributed by atoms with E-state index in [1.807, 2.05) is 10.6 Å². The van der Waals surface area contributed by atoms with Crippen LogP contribution in [0.1, 0.15) is 33.6 Å². The summed E-state index contributed by atoms with van der Waals surface area (Å²) >= 11 is 0. The van der Waals surface area contributed by atoms with Crippen LogP contribution in [0.2, 0.25) is 0 Å². The van der Waals surface area contributed by atoms with Crippen molar-refractivity contribution < 1.29 is 71.7 Å². The largest absolute Gasteiger partial charge is 0.443 e. The fourth-order valence-corrected chi connectivity index (χ4v) is 2.90. The lowest BCUT2D eigenvalue weighted by molar-refractivity contribution is -0.252. The van der Waals surface area contributed by atoms with E-state index in [1.165, 1.54) is 0 Å². The molecule has 220 valence electrons. The highest BCUT2D eigenvalue weighted by molar-refractivity contribution is 5.67. The first-order chi connectivity index (χ1) is 16.4. The predicted molar refractivity (Wildman–Crippen MR) is 103 cm³/mol. The van der Waals surface area contributed by atoms with Crippen LogP contribution in [0.3, 0.4) is 0 Å². The van der Waals surface area contributed by atoms with Crippen LogP contribution in [-0.4, -0.2) is 75.0 Å². The molecular weight excluding hydrogens is 548 g/mol. The number of carbonyl (C=O) groups excluding carboxylic acids is 2. The van der Waals surface area contributed by atoms with Gasteiger partial charge in [-0.2, -0.15) is 43.9 Å². The predicted octanol–water partition coefficient (Wildman–Crippen LogP) is 5.95. The van der Waals surface area contributed by atoms with Crippen molar-refractivity contribution in [1.82, 2.24) is 10.6 Å². The zero-order valence-electron chi connectivity index (χ0n) is 19.6. The third kappa shape index (κ3) is 13.2. The van der Waals surface area contributed by atoms with Gasteiger partial charge in [0.25, 0.3) is 12.3 Å². The molecule has 2 amide bonds. The normalized spacial score (nSPS) is 16.0. The molecule has 0 aromatic carbocycles. The minimum absolute atomic E-state index is 0.162. The molecule has 0 aromatic heterocycles. The van der Waals surface area contributed by atoms with Crippen LogP contribution in [-0.2, 0) is 9.47 Å². The van der Waals surface area contributed by atoms with Gasteiger partial charge in [-0.05, 0) is 24.2 Å². The van der Waals surface area contributed by atoms with E-state index in [4.69, 9.17) is 0 Å². The summed E-state index contributed by atoms with van der Waals surface area (Å²) in [5.74, 6) is -10.3. The Balaban J connectivity index is 4.41. The third-order valence-electron chi connectivity index (χ3n) is 4.63. The average Bonchev–Trinajstić information content (AvgIpc) is 2.72. The van der Waals surface area contributed by atoms with E-state index in [2.05, 4.69) is 9.47 Å². The first kappa shape index (κ1) is 34.7. The maximum Gasteiger partial charge on any atom is 0.425 e. The van der Waals surface area contributed by atoms with Gasteiger partial charge in [-0.25, -0.2) is 18.4 Å². The zero-order chi connectivity index (χ0) is 29.5. The average molecular weight is 574 g/mol. The van der Waals surface area contributed by atoms with E-state index in [1.54, 1.807) is 20.8 Å². The van der Waals surface area contributed by atoms with Crippen molar-refractivity contribution in [2.75, 3.05) is 26.3 Å². The number of carbonyl (C=O) groups is 2. The second-order valence-corrected chi connectivity index (χ2v) is 9.03. The quantitative estimate of drug-likeness (QED) is 0.267. The molecule has 6 nitrogen and oxygen atoms in total. The monoisotopic (exact) mass is 574 g/mol. The Morgan fingerprint density at radius 3 is 1.49 bits per heavy atom. The van der Waals surface area contributed by atoms with Gasteiger partial charge in [0, 0.05) is 13.1 Å². The second kappa shape index (κ2) is 13.0. The molecule has 0 aliphatic carbocycles. The lowest BCUT2D eigenvalue weighted by Crippen LogP contribution is -2.46. The SMILES string of the molecule is CC(CCNC(=O)OCC(F)(F)C(F)C(F)(F)F)CC(C)(C)CNC(=O)OCC(F)(F)C(F)C(F)(F)F. The first-order valence-electron chi connectivity index (χ1n) is 10.4. The number of nitrogens with one attached hydrogen (secondary N) is 2. The number of amides is 2. The van der Waals surface area contributed by atoms with Crippen molar-refractivity contribution in [2.45, 2.75) is 70.2 Å². The standard InChI is InChI=1S/C19H26F12N2O4/c1-10(4-5-32-13(34)36-8-16(22,23)11(20)18(26,27)28)6-15(2,3)7-33-14(35)37-9-17(24,25)12(21)19(29,30)31/h10-12H,4-9H2,1-3H3,(H,32,34)(H,33,35). The number of halogens is 12. The molecule has 0 aliphatic heterocycles. The van der Waals surface area contributed by atoms with E-state index >= 15 is 0 Å². The van der Waals surface area contributed by atoms with Gasteiger partial charge in [0.15, 0.2) is 13.2 Å². The van der Waals surface area contributed by atoms with E-state index in [0.717, 1.165) is 0 Å².